The fraction of sp³-hybridized carbons (Fsp3) is 0.478. The second-order valence-electron chi connectivity index (χ2n) is 8.10. The van der Waals surface area contributed by atoms with Crippen molar-refractivity contribution in [1.82, 2.24) is 24.2 Å². The van der Waals surface area contributed by atoms with Crippen LogP contribution in [0.1, 0.15) is 52.0 Å². The van der Waals surface area contributed by atoms with E-state index < -0.39 is 0 Å². The third-order valence-electron chi connectivity index (χ3n) is 5.77. The SMILES string of the molecule is CCCCN(CCCC)C(=O)CC1CSc2nc3c(cnn3-c3ccc(Cl)cc3)c(=O)n21. The number of fused-ring (bicyclic) bond motifs is 2. The Labute approximate surface area is 196 Å². The zero-order valence-corrected chi connectivity index (χ0v) is 20.0. The van der Waals surface area contributed by atoms with Gasteiger partial charge in [0.1, 0.15) is 5.39 Å². The highest BCUT2D eigenvalue weighted by Gasteiger charge is 2.30. The zero-order chi connectivity index (χ0) is 22.7. The molecule has 170 valence electrons. The van der Waals surface area contributed by atoms with E-state index in [9.17, 15) is 9.59 Å². The van der Waals surface area contributed by atoms with Crippen molar-refractivity contribution < 1.29 is 4.79 Å². The molecule has 1 aliphatic rings. The number of halogens is 1. The van der Waals surface area contributed by atoms with Gasteiger partial charge in [0.15, 0.2) is 10.8 Å². The van der Waals surface area contributed by atoms with E-state index in [1.807, 2.05) is 17.0 Å². The summed E-state index contributed by atoms with van der Waals surface area (Å²) in [5.74, 6) is 0.791. The number of carbonyl (C=O) groups excluding carboxylic acids is 1. The van der Waals surface area contributed by atoms with Crippen LogP contribution in [0.25, 0.3) is 16.7 Å². The second kappa shape index (κ2) is 10.1. The topological polar surface area (TPSA) is 73.0 Å². The van der Waals surface area contributed by atoms with Gasteiger partial charge in [-0.25, -0.2) is 9.67 Å². The quantitative estimate of drug-likeness (QED) is 0.421. The number of hydrogen-bond acceptors (Lipinski definition) is 5. The van der Waals surface area contributed by atoms with E-state index in [1.165, 1.54) is 11.8 Å². The lowest BCUT2D eigenvalue weighted by Crippen LogP contribution is -2.36. The van der Waals surface area contributed by atoms with E-state index in [2.05, 4.69) is 18.9 Å². The number of carbonyl (C=O) groups is 1. The molecule has 0 spiro atoms. The maximum absolute atomic E-state index is 13.3. The van der Waals surface area contributed by atoms with Crippen LogP contribution in [0.5, 0.6) is 0 Å². The van der Waals surface area contributed by atoms with Crippen molar-refractivity contribution in [2.75, 3.05) is 18.8 Å². The lowest BCUT2D eigenvalue weighted by atomic mass is 10.1. The van der Waals surface area contributed by atoms with Gasteiger partial charge in [0.25, 0.3) is 5.56 Å². The summed E-state index contributed by atoms with van der Waals surface area (Å²) in [7, 11) is 0. The molecular formula is C23H28ClN5O2S. The van der Waals surface area contributed by atoms with Crippen molar-refractivity contribution in [3.8, 4) is 5.69 Å². The Morgan fingerprint density at radius 2 is 1.88 bits per heavy atom. The highest BCUT2D eigenvalue weighted by molar-refractivity contribution is 7.99. The normalized spacial score (nSPS) is 15.3. The fourth-order valence-corrected chi connectivity index (χ4v) is 5.20. The number of nitrogens with zero attached hydrogens (tertiary/aromatic N) is 5. The molecule has 0 fully saturated rings. The van der Waals surface area contributed by atoms with Gasteiger partial charge >= 0.3 is 0 Å². The van der Waals surface area contributed by atoms with E-state index in [-0.39, 0.29) is 17.5 Å². The summed E-state index contributed by atoms with van der Waals surface area (Å²) in [5.41, 5.74) is 1.18. The zero-order valence-electron chi connectivity index (χ0n) is 18.5. The number of benzene rings is 1. The van der Waals surface area contributed by atoms with Gasteiger partial charge < -0.3 is 4.90 Å². The van der Waals surface area contributed by atoms with Crippen molar-refractivity contribution in [2.24, 2.45) is 0 Å². The Morgan fingerprint density at radius 1 is 1.19 bits per heavy atom. The molecule has 4 rings (SSSR count). The molecule has 1 aliphatic heterocycles. The van der Waals surface area contributed by atoms with Gasteiger partial charge in [-0.2, -0.15) is 5.10 Å². The number of hydrogen-bond donors (Lipinski definition) is 0. The minimum absolute atomic E-state index is 0.120. The van der Waals surface area contributed by atoms with Crippen LogP contribution in [-0.4, -0.2) is 49.0 Å². The first-order chi connectivity index (χ1) is 15.5. The highest BCUT2D eigenvalue weighted by atomic mass is 35.5. The third-order valence-corrected chi connectivity index (χ3v) is 7.12. The van der Waals surface area contributed by atoms with Crippen LogP contribution in [0.4, 0.5) is 0 Å². The molecule has 2 aromatic heterocycles. The average Bonchev–Trinajstić information content (AvgIpc) is 3.39. The van der Waals surface area contributed by atoms with Crippen LogP contribution in [-0.2, 0) is 4.79 Å². The molecule has 3 heterocycles. The van der Waals surface area contributed by atoms with Gasteiger partial charge in [-0.3, -0.25) is 14.2 Å². The lowest BCUT2D eigenvalue weighted by Gasteiger charge is -2.24. The fourth-order valence-electron chi connectivity index (χ4n) is 3.94. The Kier molecular flexibility index (Phi) is 7.20. The number of thioether (sulfide) groups is 1. The molecule has 32 heavy (non-hydrogen) atoms. The smallest absolute Gasteiger partial charge is 0.265 e. The first-order valence-corrected chi connectivity index (χ1v) is 12.6. The van der Waals surface area contributed by atoms with Gasteiger partial charge in [-0.1, -0.05) is 50.1 Å². The second-order valence-corrected chi connectivity index (χ2v) is 9.52. The molecule has 0 saturated heterocycles. The molecule has 0 aliphatic carbocycles. The van der Waals surface area contributed by atoms with Crippen LogP contribution in [0, 0.1) is 0 Å². The third kappa shape index (κ3) is 4.57. The number of unbranched alkanes of at least 4 members (excludes halogenated alkanes) is 2. The van der Waals surface area contributed by atoms with Crippen molar-refractivity contribution in [2.45, 2.75) is 57.1 Å². The maximum atomic E-state index is 13.3. The Morgan fingerprint density at radius 3 is 2.53 bits per heavy atom. The van der Waals surface area contributed by atoms with E-state index >= 15 is 0 Å². The predicted octanol–water partition coefficient (Wildman–Crippen LogP) is 4.70. The summed E-state index contributed by atoms with van der Waals surface area (Å²) < 4.78 is 3.35. The van der Waals surface area contributed by atoms with Crippen molar-refractivity contribution in [3.05, 3.63) is 45.8 Å². The standard InChI is InChI=1S/C23H28ClN5O2S/c1-3-5-11-27(12-6-4-2)20(30)13-18-15-32-23-26-21-19(22(31)28(18)23)14-25-29(21)17-9-7-16(24)8-10-17/h7-10,14,18H,3-6,11-13,15H2,1-2H3. The Balaban J connectivity index is 1.61. The largest absolute Gasteiger partial charge is 0.343 e. The monoisotopic (exact) mass is 473 g/mol. The first kappa shape index (κ1) is 22.9. The highest BCUT2D eigenvalue weighted by Crippen LogP contribution is 2.34. The minimum Gasteiger partial charge on any atom is -0.343 e. The van der Waals surface area contributed by atoms with Crippen molar-refractivity contribution >= 4 is 40.3 Å². The van der Waals surface area contributed by atoms with E-state index in [1.54, 1.807) is 27.6 Å². The van der Waals surface area contributed by atoms with Gasteiger partial charge in [-0.05, 0) is 37.1 Å². The summed E-state index contributed by atoms with van der Waals surface area (Å²) >= 11 is 7.52. The molecule has 0 N–H and O–H groups in total. The molecule has 0 bridgehead atoms. The van der Waals surface area contributed by atoms with Gasteiger partial charge in [0.2, 0.25) is 5.91 Å². The summed E-state index contributed by atoms with van der Waals surface area (Å²) in [4.78, 5) is 33.1. The molecule has 1 aromatic carbocycles. The van der Waals surface area contributed by atoms with E-state index in [0.717, 1.165) is 44.5 Å². The van der Waals surface area contributed by atoms with Crippen LogP contribution in [0.15, 0.2) is 40.4 Å². The molecule has 7 nitrogen and oxygen atoms in total. The summed E-state index contributed by atoms with van der Waals surface area (Å²) in [6.07, 6.45) is 5.98. The Hall–Kier alpha value is -2.32. The molecule has 0 radical (unpaired) electrons. The number of amides is 1. The van der Waals surface area contributed by atoms with Gasteiger partial charge in [0, 0.05) is 30.3 Å². The van der Waals surface area contributed by atoms with Crippen LogP contribution in [0.2, 0.25) is 5.02 Å². The first-order valence-electron chi connectivity index (χ1n) is 11.2. The van der Waals surface area contributed by atoms with Crippen LogP contribution >= 0.6 is 23.4 Å². The van der Waals surface area contributed by atoms with Crippen LogP contribution in [0.3, 0.4) is 0 Å². The minimum atomic E-state index is -0.184. The van der Waals surface area contributed by atoms with Crippen LogP contribution < -0.4 is 5.56 Å². The molecule has 1 unspecified atom stereocenters. The number of rotatable bonds is 9. The molecule has 1 atom stereocenters. The summed E-state index contributed by atoms with van der Waals surface area (Å²) in [6.45, 7) is 5.82. The van der Waals surface area contributed by atoms with E-state index in [4.69, 9.17) is 16.6 Å². The van der Waals surface area contributed by atoms with Crippen molar-refractivity contribution in [1.29, 1.82) is 0 Å². The summed E-state index contributed by atoms with van der Waals surface area (Å²) in [5, 5.41) is 6.12. The molecule has 9 heteroatoms. The average molecular weight is 474 g/mol. The molecule has 0 saturated carbocycles. The lowest BCUT2D eigenvalue weighted by molar-refractivity contribution is -0.132. The molecule has 1 amide bonds. The molecule has 3 aromatic rings. The Bertz CT molecular complexity index is 1150. The number of aromatic nitrogens is 4. The predicted molar refractivity (Wildman–Crippen MR) is 129 cm³/mol. The maximum Gasteiger partial charge on any atom is 0.265 e. The van der Waals surface area contributed by atoms with Crippen molar-refractivity contribution in [3.63, 3.8) is 0 Å². The van der Waals surface area contributed by atoms with Gasteiger partial charge in [-0.15, -0.1) is 0 Å². The van der Waals surface area contributed by atoms with E-state index in [0.29, 0.717) is 33.4 Å². The molecular weight excluding hydrogens is 446 g/mol. The van der Waals surface area contributed by atoms with Gasteiger partial charge in [0.05, 0.1) is 17.9 Å². The summed E-state index contributed by atoms with van der Waals surface area (Å²) in [6, 6.07) is 7.07.